The summed E-state index contributed by atoms with van der Waals surface area (Å²) in [7, 11) is 0. The molecule has 1 amide bonds. The first-order valence-corrected chi connectivity index (χ1v) is 8.67. The Morgan fingerprint density at radius 2 is 2.38 bits per heavy atom. The summed E-state index contributed by atoms with van der Waals surface area (Å²) in [4.78, 5) is 13.0. The van der Waals surface area contributed by atoms with Gasteiger partial charge in [-0.05, 0) is 34.7 Å². The second-order valence-corrected chi connectivity index (χ2v) is 6.86. The highest BCUT2D eigenvalue weighted by Gasteiger charge is 2.34. The quantitative estimate of drug-likeness (QED) is 0.887. The van der Waals surface area contributed by atoms with Crippen LogP contribution in [-0.4, -0.2) is 30.8 Å². The van der Waals surface area contributed by atoms with Crippen LogP contribution in [0.2, 0.25) is 0 Å². The molecule has 3 rings (SSSR count). The van der Waals surface area contributed by atoms with Gasteiger partial charge in [0.25, 0.3) is 0 Å². The number of ether oxygens (including phenoxy) is 1. The van der Waals surface area contributed by atoms with Gasteiger partial charge in [0.05, 0.1) is 19.1 Å². The molecule has 4 nitrogen and oxygen atoms in total. The van der Waals surface area contributed by atoms with Gasteiger partial charge in [-0.2, -0.15) is 11.3 Å². The van der Waals surface area contributed by atoms with Crippen molar-refractivity contribution >= 4 is 28.6 Å². The predicted molar refractivity (Wildman–Crippen MR) is 83.6 cm³/mol. The summed E-state index contributed by atoms with van der Waals surface area (Å²) in [5.74, 6) is -0.141. The third-order valence-corrected chi connectivity index (χ3v) is 5.45. The third-order valence-electron chi connectivity index (χ3n) is 3.75. The SMILES string of the molecule is O=C(NC[C@](O)(c1ccsc1)c1cccs1)[C@@H]1CCOC1. The average Bonchev–Trinajstić information content (AvgIpc) is 3.27. The summed E-state index contributed by atoms with van der Waals surface area (Å²) >= 11 is 3.03. The number of rotatable bonds is 5. The molecule has 2 aromatic heterocycles. The van der Waals surface area contributed by atoms with Crippen LogP contribution in [-0.2, 0) is 15.1 Å². The lowest BCUT2D eigenvalue weighted by Crippen LogP contribution is -2.43. The minimum absolute atomic E-state index is 0.0438. The van der Waals surface area contributed by atoms with Crippen molar-refractivity contribution in [3.63, 3.8) is 0 Å². The van der Waals surface area contributed by atoms with Gasteiger partial charge in [-0.15, -0.1) is 11.3 Å². The molecule has 0 radical (unpaired) electrons. The van der Waals surface area contributed by atoms with E-state index in [-0.39, 0.29) is 18.4 Å². The van der Waals surface area contributed by atoms with E-state index in [1.807, 2.05) is 34.3 Å². The molecule has 1 aliphatic rings. The zero-order valence-corrected chi connectivity index (χ0v) is 13.1. The molecule has 0 aromatic carbocycles. The lowest BCUT2D eigenvalue weighted by atomic mass is 9.94. The number of nitrogens with one attached hydrogen (secondary N) is 1. The number of hydrogen-bond donors (Lipinski definition) is 2. The summed E-state index contributed by atoms with van der Waals surface area (Å²) < 4.78 is 5.24. The maximum absolute atomic E-state index is 12.1. The van der Waals surface area contributed by atoms with Crippen LogP contribution >= 0.6 is 22.7 Å². The Balaban J connectivity index is 1.76. The van der Waals surface area contributed by atoms with Crippen molar-refractivity contribution in [2.24, 2.45) is 5.92 Å². The Labute approximate surface area is 131 Å². The highest BCUT2D eigenvalue weighted by molar-refractivity contribution is 7.10. The first kappa shape index (κ1) is 14.7. The van der Waals surface area contributed by atoms with Crippen LogP contribution in [0.25, 0.3) is 0 Å². The van der Waals surface area contributed by atoms with Gasteiger partial charge in [-0.25, -0.2) is 0 Å². The molecule has 0 bridgehead atoms. The van der Waals surface area contributed by atoms with Crippen LogP contribution < -0.4 is 5.32 Å². The highest BCUT2D eigenvalue weighted by atomic mass is 32.1. The molecule has 6 heteroatoms. The zero-order chi connectivity index (χ0) is 14.7. The van der Waals surface area contributed by atoms with Gasteiger partial charge >= 0.3 is 0 Å². The van der Waals surface area contributed by atoms with Crippen LogP contribution in [0.3, 0.4) is 0 Å². The van der Waals surface area contributed by atoms with Gasteiger partial charge in [0.2, 0.25) is 5.91 Å². The predicted octanol–water partition coefficient (Wildman–Crippen LogP) is 2.20. The second kappa shape index (κ2) is 6.27. The van der Waals surface area contributed by atoms with Crippen molar-refractivity contribution in [3.8, 4) is 0 Å². The van der Waals surface area contributed by atoms with E-state index in [2.05, 4.69) is 5.32 Å². The molecule has 112 valence electrons. The van der Waals surface area contributed by atoms with Crippen molar-refractivity contribution in [2.75, 3.05) is 19.8 Å². The molecule has 2 N–H and O–H groups in total. The molecule has 0 unspecified atom stereocenters. The van der Waals surface area contributed by atoms with Crippen LogP contribution in [0.5, 0.6) is 0 Å². The van der Waals surface area contributed by atoms with Crippen molar-refractivity contribution in [3.05, 3.63) is 44.8 Å². The van der Waals surface area contributed by atoms with Gasteiger partial charge in [0.15, 0.2) is 0 Å². The Morgan fingerprint density at radius 1 is 1.48 bits per heavy atom. The van der Waals surface area contributed by atoms with E-state index in [9.17, 15) is 9.90 Å². The molecular formula is C15H17NO3S2. The van der Waals surface area contributed by atoms with E-state index in [1.165, 1.54) is 22.7 Å². The van der Waals surface area contributed by atoms with E-state index in [4.69, 9.17) is 4.74 Å². The summed E-state index contributed by atoms with van der Waals surface area (Å²) in [6.45, 7) is 1.29. The average molecular weight is 323 g/mol. The molecule has 1 fully saturated rings. The lowest BCUT2D eigenvalue weighted by molar-refractivity contribution is -0.125. The number of thiophene rings is 2. The minimum Gasteiger partial charge on any atom is -0.381 e. The van der Waals surface area contributed by atoms with Gasteiger partial charge in [-0.3, -0.25) is 4.79 Å². The van der Waals surface area contributed by atoms with Crippen molar-refractivity contribution in [1.82, 2.24) is 5.32 Å². The topological polar surface area (TPSA) is 58.6 Å². The molecule has 2 aromatic rings. The van der Waals surface area contributed by atoms with Gasteiger partial charge in [0, 0.05) is 17.0 Å². The smallest absolute Gasteiger partial charge is 0.225 e. The molecule has 21 heavy (non-hydrogen) atoms. The zero-order valence-electron chi connectivity index (χ0n) is 11.5. The number of amides is 1. The highest BCUT2D eigenvalue weighted by Crippen LogP contribution is 2.33. The van der Waals surface area contributed by atoms with Crippen LogP contribution in [0.15, 0.2) is 34.3 Å². The van der Waals surface area contributed by atoms with E-state index in [0.717, 1.165) is 16.9 Å². The van der Waals surface area contributed by atoms with E-state index < -0.39 is 5.60 Å². The fraction of sp³-hybridized carbons (Fsp3) is 0.400. The Kier molecular flexibility index (Phi) is 4.40. The monoisotopic (exact) mass is 323 g/mol. The largest absolute Gasteiger partial charge is 0.381 e. The maximum Gasteiger partial charge on any atom is 0.225 e. The first-order chi connectivity index (χ1) is 10.2. The number of carbonyl (C=O) groups excluding carboxylic acids is 1. The van der Waals surface area contributed by atoms with Gasteiger partial charge in [-0.1, -0.05) is 6.07 Å². The molecule has 2 atom stereocenters. The summed E-state index contributed by atoms with van der Waals surface area (Å²) in [5.41, 5.74) is -0.346. The molecule has 0 spiro atoms. The number of aliphatic hydroxyl groups is 1. The standard InChI is InChI=1S/C15H17NO3S2/c17-14(11-3-5-19-8-11)16-10-15(18,12-4-7-20-9-12)13-2-1-6-21-13/h1-2,4,6-7,9,11,18H,3,5,8,10H2,(H,16,17)/t11-,15+/m1/s1. The minimum atomic E-state index is -1.16. The van der Waals surface area contributed by atoms with Crippen molar-refractivity contribution < 1.29 is 14.6 Å². The summed E-state index contributed by atoms with van der Waals surface area (Å²) in [6, 6.07) is 5.70. The molecule has 0 aliphatic carbocycles. The molecule has 0 saturated carbocycles. The van der Waals surface area contributed by atoms with Crippen molar-refractivity contribution in [2.45, 2.75) is 12.0 Å². The van der Waals surface area contributed by atoms with E-state index >= 15 is 0 Å². The second-order valence-electron chi connectivity index (χ2n) is 5.13. The van der Waals surface area contributed by atoms with Crippen molar-refractivity contribution in [1.29, 1.82) is 0 Å². The van der Waals surface area contributed by atoms with Crippen LogP contribution in [0.4, 0.5) is 0 Å². The van der Waals surface area contributed by atoms with E-state index in [1.54, 1.807) is 0 Å². The summed E-state index contributed by atoms with van der Waals surface area (Å²) in [6.07, 6.45) is 0.752. The molecule has 1 saturated heterocycles. The van der Waals surface area contributed by atoms with Gasteiger partial charge in [0.1, 0.15) is 5.60 Å². The Bertz CT molecular complexity index is 540. The van der Waals surface area contributed by atoms with Crippen LogP contribution in [0, 0.1) is 5.92 Å². The molecule has 3 heterocycles. The summed E-state index contributed by atoms with van der Waals surface area (Å²) in [5, 5.41) is 19.8. The normalized spacial score (nSPS) is 21.1. The maximum atomic E-state index is 12.1. The Hall–Kier alpha value is -1.21. The number of carbonyl (C=O) groups is 1. The van der Waals surface area contributed by atoms with Crippen LogP contribution in [0.1, 0.15) is 16.9 Å². The lowest BCUT2D eigenvalue weighted by Gasteiger charge is -2.27. The molecule has 1 aliphatic heterocycles. The molecular weight excluding hydrogens is 306 g/mol. The number of hydrogen-bond acceptors (Lipinski definition) is 5. The third kappa shape index (κ3) is 3.03. The van der Waals surface area contributed by atoms with Gasteiger partial charge < -0.3 is 15.2 Å². The van der Waals surface area contributed by atoms with E-state index in [0.29, 0.717) is 13.2 Å². The fourth-order valence-corrected chi connectivity index (χ4v) is 4.02. The Morgan fingerprint density at radius 3 is 3.00 bits per heavy atom. The first-order valence-electron chi connectivity index (χ1n) is 6.84. The fourth-order valence-electron chi connectivity index (χ4n) is 2.45.